The molecule has 3 heteroatoms. The van der Waals surface area contributed by atoms with Gasteiger partial charge in [0, 0.05) is 16.1 Å². The molecule has 0 amide bonds. The molecular formula is C11H12BrNO. The van der Waals surface area contributed by atoms with E-state index < -0.39 is 0 Å². The van der Waals surface area contributed by atoms with Crippen LogP contribution in [0, 0.1) is 5.92 Å². The highest BCUT2D eigenvalue weighted by molar-refractivity contribution is 9.10. The monoisotopic (exact) mass is 253 g/mol. The van der Waals surface area contributed by atoms with Crippen molar-refractivity contribution in [3.63, 3.8) is 0 Å². The minimum Gasteiger partial charge on any atom is -0.378 e. The number of ketones is 1. The number of rotatable bonds is 4. The fourth-order valence-electron chi connectivity index (χ4n) is 1.34. The van der Waals surface area contributed by atoms with E-state index in [0.717, 1.165) is 23.0 Å². The maximum absolute atomic E-state index is 11.4. The van der Waals surface area contributed by atoms with Gasteiger partial charge in [-0.15, -0.1) is 0 Å². The Balaban J connectivity index is 1.87. The Morgan fingerprint density at radius 1 is 1.50 bits per heavy atom. The van der Waals surface area contributed by atoms with Crippen molar-refractivity contribution >= 4 is 27.4 Å². The molecule has 0 saturated heterocycles. The number of Topliss-reactive ketones (excluding diaryl/α,β-unsaturated/α-hetero) is 1. The smallest absolute Gasteiger partial charge is 0.154 e. The summed E-state index contributed by atoms with van der Waals surface area (Å²) in [5, 5.41) is 3.13. The quantitative estimate of drug-likeness (QED) is 0.895. The number of benzene rings is 1. The molecule has 0 bridgehead atoms. The molecular weight excluding hydrogens is 242 g/mol. The van der Waals surface area contributed by atoms with Crippen LogP contribution in [0.3, 0.4) is 0 Å². The SMILES string of the molecule is O=C(CNc1cccc(Br)c1)C1CC1. The lowest BCUT2D eigenvalue weighted by Gasteiger charge is -2.04. The van der Waals surface area contributed by atoms with Gasteiger partial charge < -0.3 is 5.32 Å². The molecule has 0 radical (unpaired) electrons. The zero-order chi connectivity index (χ0) is 9.97. The van der Waals surface area contributed by atoms with Gasteiger partial charge in [-0.2, -0.15) is 0 Å². The van der Waals surface area contributed by atoms with Gasteiger partial charge >= 0.3 is 0 Å². The van der Waals surface area contributed by atoms with Crippen LogP contribution >= 0.6 is 15.9 Å². The Morgan fingerprint density at radius 3 is 2.93 bits per heavy atom. The van der Waals surface area contributed by atoms with Crippen molar-refractivity contribution in [2.45, 2.75) is 12.8 Å². The Hall–Kier alpha value is -0.830. The highest BCUT2D eigenvalue weighted by atomic mass is 79.9. The number of hydrogen-bond acceptors (Lipinski definition) is 2. The Kier molecular flexibility index (Phi) is 2.87. The van der Waals surface area contributed by atoms with Gasteiger partial charge in [0.25, 0.3) is 0 Å². The molecule has 1 saturated carbocycles. The third kappa shape index (κ3) is 2.58. The number of carbonyl (C=O) groups excluding carboxylic acids is 1. The van der Waals surface area contributed by atoms with E-state index >= 15 is 0 Å². The molecule has 1 N–H and O–H groups in total. The topological polar surface area (TPSA) is 29.1 Å². The second-order valence-corrected chi connectivity index (χ2v) is 4.52. The largest absolute Gasteiger partial charge is 0.378 e. The zero-order valence-corrected chi connectivity index (χ0v) is 9.38. The predicted octanol–water partition coefficient (Wildman–Crippen LogP) is 2.84. The standard InChI is InChI=1S/C11H12BrNO/c12-9-2-1-3-10(6-9)13-7-11(14)8-4-5-8/h1-3,6,8,13H,4-5,7H2. The third-order valence-electron chi connectivity index (χ3n) is 2.32. The number of nitrogens with one attached hydrogen (secondary N) is 1. The van der Waals surface area contributed by atoms with E-state index in [1.807, 2.05) is 24.3 Å². The van der Waals surface area contributed by atoms with Gasteiger partial charge in [-0.1, -0.05) is 22.0 Å². The number of anilines is 1. The van der Waals surface area contributed by atoms with Crippen molar-refractivity contribution in [2.75, 3.05) is 11.9 Å². The van der Waals surface area contributed by atoms with E-state index in [0.29, 0.717) is 18.2 Å². The highest BCUT2D eigenvalue weighted by Gasteiger charge is 2.28. The molecule has 2 rings (SSSR count). The maximum atomic E-state index is 11.4. The molecule has 0 atom stereocenters. The summed E-state index contributed by atoms with van der Waals surface area (Å²) in [5.74, 6) is 0.680. The van der Waals surface area contributed by atoms with Gasteiger partial charge in [0.15, 0.2) is 5.78 Å². The summed E-state index contributed by atoms with van der Waals surface area (Å²) in [5.41, 5.74) is 0.994. The number of carbonyl (C=O) groups is 1. The molecule has 74 valence electrons. The van der Waals surface area contributed by atoms with Crippen LogP contribution < -0.4 is 5.32 Å². The summed E-state index contributed by atoms with van der Waals surface area (Å²) in [6.07, 6.45) is 2.16. The van der Waals surface area contributed by atoms with Crippen LogP contribution in [0.25, 0.3) is 0 Å². The summed E-state index contributed by atoms with van der Waals surface area (Å²) in [7, 11) is 0. The van der Waals surface area contributed by atoms with Crippen LogP contribution in [0.5, 0.6) is 0 Å². The van der Waals surface area contributed by atoms with Crippen LogP contribution in [0.1, 0.15) is 12.8 Å². The van der Waals surface area contributed by atoms with Gasteiger partial charge in [0.1, 0.15) is 0 Å². The summed E-state index contributed by atoms with van der Waals surface area (Å²) in [6, 6.07) is 7.85. The lowest BCUT2D eigenvalue weighted by Crippen LogP contribution is -2.15. The van der Waals surface area contributed by atoms with E-state index in [4.69, 9.17) is 0 Å². The first-order chi connectivity index (χ1) is 6.75. The third-order valence-corrected chi connectivity index (χ3v) is 2.82. The lowest BCUT2D eigenvalue weighted by atomic mass is 10.2. The average molecular weight is 254 g/mol. The van der Waals surface area contributed by atoms with Gasteiger partial charge in [0.2, 0.25) is 0 Å². The molecule has 1 aliphatic rings. The Labute approximate surface area is 91.8 Å². The molecule has 2 nitrogen and oxygen atoms in total. The Morgan fingerprint density at radius 2 is 2.29 bits per heavy atom. The number of halogens is 1. The van der Waals surface area contributed by atoms with Gasteiger partial charge in [-0.05, 0) is 31.0 Å². The minimum absolute atomic E-state index is 0.338. The van der Waals surface area contributed by atoms with Crippen LogP contribution in [0.15, 0.2) is 28.7 Å². The first-order valence-electron chi connectivity index (χ1n) is 4.78. The fraction of sp³-hybridized carbons (Fsp3) is 0.364. The normalized spacial score (nSPS) is 15.2. The highest BCUT2D eigenvalue weighted by Crippen LogP contribution is 2.29. The summed E-state index contributed by atoms with van der Waals surface area (Å²) in [4.78, 5) is 11.4. The minimum atomic E-state index is 0.338. The predicted molar refractivity (Wildman–Crippen MR) is 60.4 cm³/mol. The van der Waals surface area contributed by atoms with Crippen LogP contribution in [0.4, 0.5) is 5.69 Å². The molecule has 0 spiro atoms. The van der Waals surface area contributed by atoms with Crippen molar-refractivity contribution in [1.29, 1.82) is 0 Å². The van der Waals surface area contributed by atoms with Crippen LogP contribution in [-0.4, -0.2) is 12.3 Å². The lowest BCUT2D eigenvalue weighted by molar-refractivity contribution is -0.118. The second kappa shape index (κ2) is 4.13. The van der Waals surface area contributed by atoms with Crippen LogP contribution in [-0.2, 0) is 4.79 Å². The van der Waals surface area contributed by atoms with E-state index in [-0.39, 0.29) is 0 Å². The molecule has 0 aliphatic heterocycles. The average Bonchev–Trinajstić information content (AvgIpc) is 2.97. The van der Waals surface area contributed by atoms with E-state index in [1.165, 1.54) is 0 Å². The van der Waals surface area contributed by atoms with Crippen LogP contribution in [0.2, 0.25) is 0 Å². The Bertz CT molecular complexity index is 347. The molecule has 1 aromatic rings. The molecule has 14 heavy (non-hydrogen) atoms. The zero-order valence-electron chi connectivity index (χ0n) is 7.79. The maximum Gasteiger partial charge on any atom is 0.154 e. The van der Waals surface area contributed by atoms with Crippen molar-refractivity contribution < 1.29 is 4.79 Å². The molecule has 1 aromatic carbocycles. The second-order valence-electron chi connectivity index (χ2n) is 3.60. The van der Waals surface area contributed by atoms with Crippen molar-refractivity contribution in [1.82, 2.24) is 0 Å². The summed E-state index contributed by atoms with van der Waals surface area (Å²) in [6.45, 7) is 0.459. The van der Waals surface area contributed by atoms with Gasteiger partial charge in [0.05, 0.1) is 6.54 Å². The van der Waals surface area contributed by atoms with E-state index in [9.17, 15) is 4.79 Å². The van der Waals surface area contributed by atoms with E-state index in [1.54, 1.807) is 0 Å². The molecule has 1 fully saturated rings. The first-order valence-corrected chi connectivity index (χ1v) is 5.57. The first kappa shape index (κ1) is 9.71. The van der Waals surface area contributed by atoms with Gasteiger partial charge in [-0.25, -0.2) is 0 Å². The summed E-state index contributed by atoms with van der Waals surface area (Å²) < 4.78 is 1.03. The molecule has 0 aromatic heterocycles. The summed E-state index contributed by atoms with van der Waals surface area (Å²) >= 11 is 3.39. The van der Waals surface area contributed by atoms with Crippen molar-refractivity contribution in [3.05, 3.63) is 28.7 Å². The van der Waals surface area contributed by atoms with Crippen molar-refractivity contribution in [3.8, 4) is 0 Å². The fourth-order valence-corrected chi connectivity index (χ4v) is 1.74. The van der Waals surface area contributed by atoms with Gasteiger partial charge in [-0.3, -0.25) is 4.79 Å². The van der Waals surface area contributed by atoms with Crippen molar-refractivity contribution in [2.24, 2.45) is 5.92 Å². The molecule has 0 heterocycles. The molecule has 0 unspecified atom stereocenters. The number of hydrogen-bond donors (Lipinski definition) is 1. The van der Waals surface area contributed by atoms with E-state index in [2.05, 4.69) is 21.2 Å². The molecule has 1 aliphatic carbocycles.